The molecule has 0 aromatic carbocycles. The number of nitrogens with zero attached hydrogens (tertiary/aromatic N) is 1. The lowest BCUT2D eigenvalue weighted by Crippen LogP contribution is -2.46. The molecule has 1 unspecified atom stereocenters. The first-order valence-electron chi connectivity index (χ1n) is 6.90. The molecular weight excluding hydrogens is 250 g/mol. The van der Waals surface area contributed by atoms with Crippen LogP contribution in [0.3, 0.4) is 0 Å². The summed E-state index contributed by atoms with van der Waals surface area (Å²) in [5.41, 5.74) is 0. The fraction of sp³-hybridized carbons (Fsp3) is 1.00. The van der Waals surface area contributed by atoms with Gasteiger partial charge in [0.1, 0.15) is 0 Å². The van der Waals surface area contributed by atoms with E-state index in [1.54, 1.807) is 4.31 Å². The van der Waals surface area contributed by atoms with Gasteiger partial charge in [0.25, 0.3) is 10.2 Å². The third-order valence-corrected chi connectivity index (χ3v) is 4.73. The van der Waals surface area contributed by atoms with E-state index in [-0.39, 0.29) is 0 Å². The fourth-order valence-electron chi connectivity index (χ4n) is 2.14. The number of hydrogen-bond donors (Lipinski definition) is 2. The second-order valence-corrected chi connectivity index (χ2v) is 7.22. The Morgan fingerprint density at radius 2 is 2.06 bits per heavy atom. The Kier molecular flexibility index (Phi) is 6.55. The van der Waals surface area contributed by atoms with E-state index in [1.807, 2.05) is 0 Å². The highest BCUT2D eigenvalue weighted by molar-refractivity contribution is 7.87. The molecule has 0 aliphatic carbocycles. The van der Waals surface area contributed by atoms with Gasteiger partial charge in [-0.15, -0.1) is 0 Å². The monoisotopic (exact) mass is 277 g/mol. The lowest BCUT2D eigenvalue weighted by atomic mass is 10.0. The van der Waals surface area contributed by atoms with Crippen LogP contribution in [0.2, 0.25) is 0 Å². The highest BCUT2D eigenvalue weighted by Crippen LogP contribution is 2.17. The summed E-state index contributed by atoms with van der Waals surface area (Å²) in [6.07, 6.45) is 2.92. The number of rotatable bonds is 7. The highest BCUT2D eigenvalue weighted by atomic mass is 32.2. The van der Waals surface area contributed by atoms with Crippen molar-refractivity contribution in [3.05, 3.63) is 0 Å². The molecule has 2 N–H and O–H groups in total. The van der Waals surface area contributed by atoms with Crippen LogP contribution in [-0.4, -0.2) is 44.9 Å². The minimum atomic E-state index is -3.26. The van der Waals surface area contributed by atoms with Gasteiger partial charge < -0.3 is 5.32 Å². The summed E-state index contributed by atoms with van der Waals surface area (Å²) >= 11 is 0. The van der Waals surface area contributed by atoms with E-state index >= 15 is 0 Å². The third kappa shape index (κ3) is 5.65. The molecule has 1 saturated heterocycles. The van der Waals surface area contributed by atoms with Crippen molar-refractivity contribution >= 4 is 10.2 Å². The van der Waals surface area contributed by atoms with E-state index in [0.717, 1.165) is 25.8 Å². The van der Waals surface area contributed by atoms with Crippen LogP contribution in [0.15, 0.2) is 0 Å². The molecule has 108 valence electrons. The van der Waals surface area contributed by atoms with Crippen LogP contribution in [0.5, 0.6) is 0 Å². The summed E-state index contributed by atoms with van der Waals surface area (Å²) in [7, 11) is -3.26. The van der Waals surface area contributed by atoms with Gasteiger partial charge in [-0.2, -0.15) is 12.7 Å². The van der Waals surface area contributed by atoms with Crippen molar-refractivity contribution < 1.29 is 8.42 Å². The molecule has 1 aliphatic heterocycles. The Labute approximate surface area is 112 Å². The zero-order valence-corrected chi connectivity index (χ0v) is 12.6. The second-order valence-electron chi connectivity index (χ2n) is 5.47. The zero-order chi connectivity index (χ0) is 13.6. The van der Waals surface area contributed by atoms with E-state index in [0.29, 0.717) is 31.6 Å². The lowest BCUT2D eigenvalue weighted by molar-refractivity contribution is 0.278. The standard InChI is InChI=1S/C12H27N3O2S/c1-11(2)13-7-5-8-14-18(16,17)15-9-4-6-12(3)10-15/h11-14H,4-10H2,1-3H3. The first-order chi connectivity index (χ1) is 8.42. The van der Waals surface area contributed by atoms with E-state index in [9.17, 15) is 8.42 Å². The van der Waals surface area contributed by atoms with Crippen LogP contribution >= 0.6 is 0 Å². The SMILES string of the molecule is CC1CCCN(S(=O)(=O)NCCCNC(C)C)C1. The van der Waals surface area contributed by atoms with Crippen molar-refractivity contribution in [3.8, 4) is 0 Å². The van der Waals surface area contributed by atoms with Gasteiger partial charge in [-0.1, -0.05) is 20.8 Å². The Morgan fingerprint density at radius 3 is 2.67 bits per heavy atom. The number of nitrogens with one attached hydrogen (secondary N) is 2. The van der Waals surface area contributed by atoms with Crippen molar-refractivity contribution in [3.63, 3.8) is 0 Å². The Morgan fingerprint density at radius 1 is 1.33 bits per heavy atom. The number of hydrogen-bond acceptors (Lipinski definition) is 3. The van der Waals surface area contributed by atoms with Crippen LogP contribution in [0.25, 0.3) is 0 Å². The molecule has 0 aromatic rings. The Hall–Kier alpha value is -0.170. The largest absolute Gasteiger partial charge is 0.314 e. The van der Waals surface area contributed by atoms with Crippen LogP contribution in [-0.2, 0) is 10.2 Å². The van der Waals surface area contributed by atoms with Crippen LogP contribution in [0.4, 0.5) is 0 Å². The molecule has 1 aliphatic rings. The van der Waals surface area contributed by atoms with Crippen molar-refractivity contribution in [2.45, 2.75) is 46.1 Å². The van der Waals surface area contributed by atoms with Gasteiger partial charge in [0.2, 0.25) is 0 Å². The van der Waals surface area contributed by atoms with Gasteiger partial charge in [-0.05, 0) is 31.7 Å². The number of piperidine rings is 1. The van der Waals surface area contributed by atoms with Crippen LogP contribution in [0, 0.1) is 5.92 Å². The average molecular weight is 277 g/mol. The smallest absolute Gasteiger partial charge is 0.279 e. The Bertz CT molecular complexity index is 330. The maximum absolute atomic E-state index is 12.0. The van der Waals surface area contributed by atoms with Crippen molar-refractivity contribution in [2.24, 2.45) is 5.92 Å². The molecule has 1 fully saturated rings. The van der Waals surface area contributed by atoms with E-state index in [2.05, 4.69) is 30.8 Å². The lowest BCUT2D eigenvalue weighted by Gasteiger charge is -2.30. The summed E-state index contributed by atoms with van der Waals surface area (Å²) in [5, 5.41) is 3.27. The first kappa shape index (κ1) is 15.9. The van der Waals surface area contributed by atoms with E-state index in [1.165, 1.54) is 0 Å². The van der Waals surface area contributed by atoms with E-state index in [4.69, 9.17) is 0 Å². The van der Waals surface area contributed by atoms with Crippen LogP contribution in [0.1, 0.15) is 40.0 Å². The molecule has 6 heteroatoms. The van der Waals surface area contributed by atoms with Crippen molar-refractivity contribution in [1.29, 1.82) is 0 Å². The molecular formula is C12H27N3O2S. The summed E-state index contributed by atoms with van der Waals surface area (Å²) < 4.78 is 28.3. The molecule has 0 radical (unpaired) electrons. The van der Waals surface area contributed by atoms with Crippen molar-refractivity contribution in [1.82, 2.24) is 14.3 Å². The predicted octanol–water partition coefficient (Wildman–Crippen LogP) is 0.941. The molecule has 1 rings (SSSR count). The molecule has 1 atom stereocenters. The van der Waals surface area contributed by atoms with Crippen LogP contribution < -0.4 is 10.0 Å². The maximum atomic E-state index is 12.0. The quantitative estimate of drug-likeness (QED) is 0.681. The molecule has 1 heterocycles. The minimum Gasteiger partial charge on any atom is -0.314 e. The highest BCUT2D eigenvalue weighted by Gasteiger charge is 2.26. The van der Waals surface area contributed by atoms with Gasteiger partial charge in [0.05, 0.1) is 0 Å². The molecule has 5 nitrogen and oxygen atoms in total. The zero-order valence-electron chi connectivity index (χ0n) is 11.8. The van der Waals surface area contributed by atoms with Crippen molar-refractivity contribution in [2.75, 3.05) is 26.2 Å². The Balaban J connectivity index is 2.26. The van der Waals surface area contributed by atoms with E-state index < -0.39 is 10.2 Å². The van der Waals surface area contributed by atoms with Gasteiger partial charge in [0, 0.05) is 25.7 Å². The first-order valence-corrected chi connectivity index (χ1v) is 8.34. The normalized spacial score (nSPS) is 22.6. The van der Waals surface area contributed by atoms with Gasteiger partial charge >= 0.3 is 0 Å². The molecule has 0 saturated carbocycles. The molecule has 0 amide bonds. The molecule has 0 aromatic heterocycles. The summed E-state index contributed by atoms with van der Waals surface area (Å²) in [6.45, 7) is 8.93. The topological polar surface area (TPSA) is 61.4 Å². The predicted molar refractivity (Wildman–Crippen MR) is 74.6 cm³/mol. The average Bonchev–Trinajstić information content (AvgIpc) is 2.28. The van der Waals surface area contributed by atoms with Gasteiger partial charge in [-0.25, -0.2) is 4.72 Å². The second kappa shape index (κ2) is 7.43. The molecule has 0 spiro atoms. The minimum absolute atomic E-state index is 0.449. The summed E-state index contributed by atoms with van der Waals surface area (Å²) in [4.78, 5) is 0. The van der Waals surface area contributed by atoms with Gasteiger partial charge in [-0.3, -0.25) is 0 Å². The molecule has 0 bridgehead atoms. The maximum Gasteiger partial charge on any atom is 0.279 e. The summed E-state index contributed by atoms with van der Waals surface area (Å²) in [5.74, 6) is 0.470. The molecule has 18 heavy (non-hydrogen) atoms. The fourth-order valence-corrected chi connectivity index (χ4v) is 3.54. The third-order valence-electron chi connectivity index (χ3n) is 3.15. The van der Waals surface area contributed by atoms with Gasteiger partial charge in [0.15, 0.2) is 0 Å². The summed E-state index contributed by atoms with van der Waals surface area (Å²) in [6, 6.07) is 0.449.